The fourth-order valence-corrected chi connectivity index (χ4v) is 3.11. The Kier molecular flexibility index (Phi) is 4.44. The number of nitrogens with one attached hydrogen (secondary N) is 1. The molecule has 0 heterocycles. The smallest absolute Gasteiger partial charge is 0.225 e. The predicted octanol–water partition coefficient (Wildman–Crippen LogP) is 4.07. The average molecular weight is 373 g/mol. The first-order valence-corrected chi connectivity index (χ1v) is 8.08. The molecule has 0 spiro atoms. The van der Waals surface area contributed by atoms with E-state index in [1.54, 1.807) is 12.1 Å². The molecule has 3 rings (SSSR count). The van der Waals surface area contributed by atoms with Gasteiger partial charge in [-0.15, -0.1) is 0 Å². The molecule has 0 saturated heterocycles. The zero-order valence-electron chi connectivity index (χ0n) is 12.2. The molecule has 1 amide bonds. The molecular weight excluding hydrogens is 359 g/mol. The second kappa shape index (κ2) is 6.51. The summed E-state index contributed by atoms with van der Waals surface area (Å²) < 4.78 is 13.8. The molecule has 5 heteroatoms. The summed E-state index contributed by atoms with van der Waals surface area (Å²) in [6, 6.07) is 15.0. The van der Waals surface area contributed by atoms with Gasteiger partial charge in [-0.05, 0) is 47.7 Å². The third-order valence-electron chi connectivity index (χ3n) is 4.02. The van der Waals surface area contributed by atoms with Gasteiger partial charge in [0.15, 0.2) is 0 Å². The zero-order chi connectivity index (χ0) is 16.4. The lowest BCUT2D eigenvalue weighted by molar-refractivity contribution is -0.122. The van der Waals surface area contributed by atoms with Crippen LogP contribution in [0.15, 0.2) is 53.0 Å². The Morgan fingerprint density at radius 2 is 2.04 bits per heavy atom. The van der Waals surface area contributed by atoms with Gasteiger partial charge in [-0.3, -0.25) is 4.79 Å². The molecule has 23 heavy (non-hydrogen) atoms. The van der Waals surface area contributed by atoms with Crippen LogP contribution in [0.5, 0.6) is 0 Å². The highest BCUT2D eigenvalue weighted by Crippen LogP contribution is 2.47. The highest BCUT2D eigenvalue weighted by Gasteiger charge is 2.44. The zero-order valence-corrected chi connectivity index (χ0v) is 13.8. The minimum Gasteiger partial charge on any atom is -0.336 e. The van der Waals surface area contributed by atoms with Crippen molar-refractivity contribution in [3.8, 4) is 6.07 Å². The quantitative estimate of drug-likeness (QED) is 0.878. The van der Waals surface area contributed by atoms with Gasteiger partial charge >= 0.3 is 0 Å². The third kappa shape index (κ3) is 3.59. The third-order valence-corrected chi connectivity index (χ3v) is 4.52. The van der Waals surface area contributed by atoms with Gasteiger partial charge in [-0.25, -0.2) is 4.39 Å². The number of carbonyl (C=O) groups excluding carboxylic acids is 1. The van der Waals surface area contributed by atoms with Gasteiger partial charge in [0.1, 0.15) is 11.9 Å². The van der Waals surface area contributed by atoms with E-state index in [2.05, 4.69) is 27.3 Å². The lowest BCUT2D eigenvalue weighted by Crippen LogP contribution is -2.29. The molecule has 1 aliphatic carbocycles. The molecule has 1 fully saturated rings. The molecule has 0 aromatic heterocycles. The number of nitriles is 1. The summed E-state index contributed by atoms with van der Waals surface area (Å²) in [6.45, 7) is 0. The van der Waals surface area contributed by atoms with Gasteiger partial charge in [-0.2, -0.15) is 5.26 Å². The Hall–Kier alpha value is -2.19. The number of carbonyl (C=O) groups is 1. The molecule has 1 saturated carbocycles. The highest BCUT2D eigenvalue weighted by atomic mass is 79.9. The summed E-state index contributed by atoms with van der Waals surface area (Å²) in [4.78, 5) is 12.3. The molecule has 2 aromatic rings. The van der Waals surface area contributed by atoms with Crippen molar-refractivity contribution >= 4 is 21.8 Å². The second-order valence-electron chi connectivity index (χ2n) is 5.63. The van der Waals surface area contributed by atoms with Crippen molar-refractivity contribution in [2.45, 2.75) is 18.4 Å². The standard InChI is InChI=1S/C18H14BrFN2O/c19-13-3-1-2-12(8-13)17(10-21)22-18(23)16-9-15(16)11-4-6-14(20)7-5-11/h1-8,15-17H,9H2,(H,22,23). The van der Waals surface area contributed by atoms with Crippen molar-refractivity contribution < 1.29 is 9.18 Å². The van der Waals surface area contributed by atoms with Crippen molar-refractivity contribution in [2.24, 2.45) is 5.92 Å². The summed E-state index contributed by atoms with van der Waals surface area (Å²) in [5, 5.41) is 12.1. The minimum absolute atomic E-state index is 0.109. The number of halogens is 2. The van der Waals surface area contributed by atoms with Gasteiger partial charge in [-0.1, -0.05) is 40.2 Å². The fourth-order valence-electron chi connectivity index (χ4n) is 2.69. The van der Waals surface area contributed by atoms with Crippen LogP contribution in [0.3, 0.4) is 0 Å². The first-order chi connectivity index (χ1) is 11.1. The number of amides is 1. The lowest BCUT2D eigenvalue weighted by Gasteiger charge is -2.12. The maximum atomic E-state index is 12.9. The van der Waals surface area contributed by atoms with Crippen LogP contribution in [0, 0.1) is 23.1 Å². The molecule has 3 nitrogen and oxygen atoms in total. The van der Waals surface area contributed by atoms with Gasteiger partial charge in [0.2, 0.25) is 5.91 Å². The number of benzene rings is 2. The van der Waals surface area contributed by atoms with E-state index in [1.807, 2.05) is 24.3 Å². The Morgan fingerprint density at radius 1 is 1.30 bits per heavy atom. The Bertz CT molecular complexity index is 769. The molecule has 0 bridgehead atoms. The molecular formula is C18H14BrFN2O. The van der Waals surface area contributed by atoms with Crippen LogP contribution in [0.2, 0.25) is 0 Å². The van der Waals surface area contributed by atoms with E-state index >= 15 is 0 Å². The lowest BCUT2D eigenvalue weighted by atomic mass is 10.1. The molecule has 0 aliphatic heterocycles. The van der Waals surface area contributed by atoms with E-state index in [4.69, 9.17) is 0 Å². The monoisotopic (exact) mass is 372 g/mol. The van der Waals surface area contributed by atoms with E-state index in [9.17, 15) is 14.4 Å². The van der Waals surface area contributed by atoms with Crippen molar-refractivity contribution in [1.29, 1.82) is 5.26 Å². The molecule has 2 aromatic carbocycles. The number of hydrogen-bond acceptors (Lipinski definition) is 2. The van der Waals surface area contributed by atoms with Crippen LogP contribution in [0.1, 0.15) is 29.5 Å². The Balaban J connectivity index is 1.65. The minimum atomic E-state index is -0.672. The molecule has 0 radical (unpaired) electrons. The predicted molar refractivity (Wildman–Crippen MR) is 87.9 cm³/mol. The van der Waals surface area contributed by atoms with E-state index in [0.717, 1.165) is 22.0 Å². The van der Waals surface area contributed by atoms with Crippen LogP contribution in [0.4, 0.5) is 4.39 Å². The van der Waals surface area contributed by atoms with Crippen LogP contribution >= 0.6 is 15.9 Å². The summed E-state index contributed by atoms with van der Waals surface area (Å²) in [7, 11) is 0. The average Bonchev–Trinajstić information content (AvgIpc) is 3.34. The van der Waals surface area contributed by atoms with Crippen molar-refractivity contribution in [3.63, 3.8) is 0 Å². The van der Waals surface area contributed by atoms with Gasteiger partial charge < -0.3 is 5.32 Å². The Morgan fingerprint density at radius 3 is 2.70 bits per heavy atom. The van der Waals surface area contributed by atoms with Crippen molar-refractivity contribution in [2.75, 3.05) is 0 Å². The summed E-state index contributed by atoms with van der Waals surface area (Å²) in [5.74, 6) is -0.457. The van der Waals surface area contributed by atoms with E-state index in [0.29, 0.717) is 0 Å². The van der Waals surface area contributed by atoms with Gasteiger partial charge in [0.25, 0.3) is 0 Å². The normalized spacial score (nSPS) is 20.4. The largest absolute Gasteiger partial charge is 0.336 e. The van der Waals surface area contributed by atoms with E-state index in [1.165, 1.54) is 12.1 Å². The first-order valence-electron chi connectivity index (χ1n) is 7.29. The Labute approximate surface area is 142 Å². The fraction of sp³-hybridized carbons (Fsp3) is 0.222. The van der Waals surface area contributed by atoms with Crippen molar-refractivity contribution in [3.05, 3.63) is 69.9 Å². The summed E-state index contributed by atoms with van der Waals surface area (Å²) in [6.07, 6.45) is 0.730. The molecule has 116 valence electrons. The maximum Gasteiger partial charge on any atom is 0.225 e. The number of rotatable bonds is 4. The van der Waals surface area contributed by atoms with Gasteiger partial charge in [0.05, 0.1) is 6.07 Å². The molecule has 1 aliphatic rings. The molecule has 3 unspecified atom stereocenters. The van der Waals surface area contributed by atoms with E-state index in [-0.39, 0.29) is 23.6 Å². The van der Waals surface area contributed by atoms with Crippen LogP contribution < -0.4 is 5.32 Å². The van der Waals surface area contributed by atoms with Crippen LogP contribution in [-0.2, 0) is 4.79 Å². The van der Waals surface area contributed by atoms with Crippen molar-refractivity contribution in [1.82, 2.24) is 5.32 Å². The number of hydrogen-bond donors (Lipinski definition) is 1. The topological polar surface area (TPSA) is 52.9 Å². The highest BCUT2D eigenvalue weighted by molar-refractivity contribution is 9.10. The van der Waals surface area contributed by atoms with Crippen LogP contribution in [0.25, 0.3) is 0 Å². The maximum absolute atomic E-state index is 12.9. The van der Waals surface area contributed by atoms with E-state index < -0.39 is 6.04 Å². The summed E-state index contributed by atoms with van der Waals surface area (Å²) >= 11 is 3.36. The second-order valence-corrected chi connectivity index (χ2v) is 6.54. The molecule has 3 atom stereocenters. The van der Waals surface area contributed by atoms with Gasteiger partial charge in [0, 0.05) is 10.4 Å². The SMILES string of the molecule is N#CC(NC(=O)C1CC1c1ccc(F)cc1)c1cccc(Br)c1. The summed E-state index contributed by atoms with van der Waals surface area (Å²) in [5.41, 5.74) is 1.71. The first kappa shape index (κ1) is 15.7. The van der Waals surface area contributed by atoms with Crippen LogP contribution in [-0.4, -0.2) is 5.91 Å². The number of nitrogens with zero attached hydrogens (tertiary/aromatic N) is 1. The molecule has 1 N–H and O–H groups in total.